The highest BCUT2D eigenvalue weighted by molar-refractivity contribution is 7.47. The van der Waals surface area contributed by atoms with Gasteiger partial charge in [0, 0.05) is 12.8 Å². The maximum atomic E-state index is 12.5. The second kappa shape index (κ2) is 27.9. The van der Waals surface area contributed by atoms with Crippen LogP contribution in [-0.2, 0) is 41.8 Å². The van der Waals surface area contributed by atoms with Crippen molar-refractivity contribution in [2.45, 2.75) is 155 Å². The van der Waals surface area contributed by atoms with Crippen LogP contribution >= 0.6 is 15.6 Å². The third kappa shape index (κ3) is 33.4. The Hall–Kier alpha value is -0.880. The number of carbonyl (C=O) groups is 2. The van der Waals surface area contributed by atoms with Gasteiger partial charge in [0.05, 0.1) is 19.8 Å². The summed E-state index contributed by atoms with van der Waals surface area (Å²) in [6.07, 6.45) is 14.6. The Morgan fingerprint density at radius 2 is 0.957 bits per heavy atom. The minimum atomic E-state index is -4.85. The summed E-state index contributed by atoms with van der Waals surface area (Å²) < 4.78 is 47.4. The van der Waals surface area contributed by atoms with Crippen LogP contribution in [0.2, 0.25) is 0 Å². The summed E-state index contributed by atoms with van der Waals surface area (Å²) >= 11 is 0. The molecule has 0 aliphatic heterocycles. The fourth-order valence-electron chi connectivity index (χ4n) is 4.66. The molecule has 0 rings (SSSR count). The maximum absolute atomic E-state index is 12.5. The smallest absolute Gasteiger partial charge is 0.462 e. The zero-order chi connectivity index (χ0) is 35.6. The molecule has 0 aromatic rings. The van der Waals surface area contributed by atoms with E-state index >= 15 is 0 Å². The molecule has 3 atom stereocenters. The molecule has 4 N–H and O–H groups in total. The van der Waals surface area contributed by atoms with Crippen LogP contribution in [0, 0.1) is 11.8 Å². The molecular formula is C32H64O13P2. The van der Waals surface area contributed by atoms with E-state index in [1.807, 2.05) is 0 Å². The van der Waals surface area contributed by atoms with Gasteiger partial charge in [0.2, 0.25) is 0 Å². The Bertz CT molecular complexity index is 894. The van der Waals surface area contributed by atoms with Crippen molar-refractivity contribution in [3.8, 4) is 0 Å². The van der Waals surface area contributed by atoms with Gasteiger partial charge in [0.15, 0.2) is 6.10 Å². The highest BCUT2D eigenvalue weighted by Gasteiger charge is 2.28. The molecule has 13 nitrogen and oxygen atoms in total. The summed E-state index contributed by atoms with van der Waals surface area (Å²) in [5.74, 6) is 0.403. The fourth-order valence-corrected chi connectivity index (χ4v) is 5.81. The van der Waals surface area contributed by atoms with Gasteiger partial charge in [0.1, 0.15) is 12.7 Å². The first-order chi connectivity index (χ1) is 22.1. The highest BCUT2D eigenvalue weighted by Crippen LogP contribution is 2.43. The maximum Gasteiger partial charge on any atom is 0.472 e. The summed E-state index contributed by atoms with van der Waals surface area (Å²) in [5, 5.41) is 9.67. The van der Waals surface area contributed by atoms with Crippen molar-refractivity contribution in [2.75, 3.05) is 26.4 Å². The molecule has 0 aliphatic carbocycles. The van der Waals surface area contributed by atoms with Gasteiger partial charge < -0.3 is 29.3 Å². The summed E-state index contributed by atoms with van der Waals surface area (Å²) in [4.78, 5) is 52.2. The van der Waals surface area contributed by atoms with Crippen LogP contribution in [0.25, 0.3) is 0 Å². The van der Waals surface area contributed by atoms with Crippen molar-refractivity contribution < 1.29 is 61.6 Å². The lowest BCUT2D eigenvalue weighted by Crippen LogP contribution is -2.30. The van der Waals surface area contributed by atoms with Gasteiger partial charge in [-0.05, 0) is 24.7 Å². The lowest BCUT2D eigenvalue weighted by atomic mass is 10.0. The van der Waals surface area contributed by atoms with E-state index in [-0.39, 0.29) is 19.4 Å². The summed E-state index contributed by atoms with van der Waals surface area (Å²) in [5.41, 5.74) is 0. The van der Waals surface area contributed by atoms with Crippen LogP contribution in [0.3, 0.4) is 0 Å². The van der Waals surface area contributed by atoms with E-state index in [0.717, 1.165) is 50.9 Å². The van der Waals surface area contributed by atoms with Crippen LogP contribution in [-0.4, -0.2) is 70.4 Å². The number of aliphatic hydroxyl groups excluding tert-OH is 1. The third-order valence-corrected chi connectivity index (χ3v) is 8.78. The average molecular weight is 719 g/mol. The van der Waals surface area contributed by atoms with Crippen molar-refractivity contribution in [2.24, 2.45) is 11.8 Å². The van der Waals surface area contributed by atoms with Gasteiger partial charge in [0.25, 0.3) is 0 Å². The molecule has 15 heteroatoms. The lowest BCUT2D eigenvalue weighted by Gasteiger charge is -2.20. The molecule has 1 unspecified atom stereocenters. The van der Waals surface area contributed by atoms with Gasteiger partial charge in [-0.1, -0.05) is 118 Å². The second-order valence-corrected chi connectivity index (χ2v) is 15.8. The quantitative estimate of drug-likeness (QED) is 0.0306. The SMILES string of the molecule is CC(C)CCCCCCCCCCC(=O)OC[C@H](COP(=O)(O)OC[C@@H](O)COP(=O)(O)O)OC(=O)CCCCCCCCC(C)C. The number of ether oxygens (including phenoxy) is 2. The van der Waals surface area contributed by atoms with Crippen LogP contribution in [0.15, 0.2) is 0 Å². The van der Waals surface area contributed by atoms with Crippen molar-refractivity contribution >= 4 is 27.6 Å². The number of phosphoric ester groups is 2. The Kier molecular flexibility index (Phi) is 27.4. The van der Waals surface area contributed by atoms with E-state index in [0.29, 0.717) is 18.8 Å². The number of aliphatic hydroxyl groups is 1. The van der Waals surface area contributed by atoms with E-state index in [9.17, 15) is 28.7 Å². The molecular weight excluding hydrogens is 654 g/mol. The largest absolute Gasteiger partial charge is 0.472 e. The van der Waals surface area contributed by atoms with Gasteiger partial charge in [-0.3, -0.25) is 23.2 Å². The van der Waals surface area contributed by atoms with Gasteiger partial charge in [-0.2, -0.15) is 0 Å². The molecule has 0 aliphatic rings. The van der Waals surface area contributed by atoms with E-state index in [1.54, 1.807) is 0 Å². The standard InChI is InChI=1S/C32H64O13P2/c1-27(2)19-15-11-7-5-6-8-13-17-21-31(34)41-25-30(45-32(35)22-18-14-10-9-12-16-20-28(3)4)26-44-47(39,40)43-24-29(33)23-42-46(36,37)38/h27-30,33H,5-26H2,1-4H3,(H,39,40)(H2,36,37,38)/t29-,30+/m0/s1. The molecule has 47 heavy (non-hydrogen) atoms. The summed E-state index contributed by atoms with van der Waals surface area (Å²) in [6.45, 7) is 6.19. The molecule has 0 saturated carbocycles. The van der Waals surface area contributed by atoms with E-state index in [1.165, 1.54) is 44.9 Å². The summed E-state index contributed by atoms with van der Waals surface area (Å²) in [7, 11) is -9.63. The second-order valence-electron chi connectivity index (χ2n) is 13.1. The van der Waals surface area contributed by atoms with Crippen LogP contribution < -0.4 is 0 Å². The van der Waals surface area contributed by atoms with Gasteiger partial charge in [-0.15, -0.1) is 0 Å². The first kappa shape index (κ1) is 46.1. The van der Waals surface area contributed by atoms with Gasteiger partial charge in [-0.25, -0.2) is 9.13 Å². The molecule has 0 saturated heterocycles. The molecule has 0 amide bonds. The molecule has 0 spiro atoms. The monoisotopic (exact) mass is 718 g/mol. The minimum absolute atomic E-state index is 0.132. The van der Waals surface area contributed by atoms with E-state index in [4.69, 9.17) is 23.8 Å². The van der Waals surface area contributed by atoms with Crippen LogP contribution in [0.1, 0.15) is 143 Å². The topological polar surface area (TPSA) is 195 Å². The number of rotatable bonds is 32. The number of hydrogen-bond acceptors (Lipinski definition) is 10. The minimum Gasteiger partial charge on any atom is -0.462 e. The molecule has 0 heterocycles. The zero-order valence-electron chi connectivity index (χ0n) is 29.2. The lowest BCUT2D eigenvalue weighted by molar-refractivity contribution is -0.161. The zero-order valence-corrected chi connectivity index (χ0v) is 31.0. The molecule has 0 aromatic carbocycles. The molecule has 0 radical (unpaired) electrons. The first-order valence-corrected chi connectivity index (χ1v) is 20.5. The predicted octanol–water partition coefficient (Wildman–Crippen LogP) is 7.38. The van der Waals surface area contributed by atoms with Gasteiger partial charge >= 0.3 is 27.6 Å². The molecule has 0 aromatic heterocycles. The van der Waals surface area contributed by atoms with Crippen LogP contribution in [0.5, 0.6) is 0 Å². The number of hydrogen-bond donors (Lipinski definition) is 4. The number of carbonyl (C=O) groups excluding carboxylic acids is 2. The molecule has 0 bridgehead atoms. The number of esters is 2. The third-order valence-electron chi connectivity index (χ3n) is 7.34. The average Bonchev–Trinajstić information content (AvgIpc) is 2.98. The van der Waals surface area contributed by atoms with Crippen molar-refractivity contribution in [1.29, 1.82) is 0 Å². The highest BCUT2D eigenvalue weighted by atomic mass is 31.2. The Morgan fingerprint density at radius 3 is 1.43 bits per heavy atom. The van der Waals surface area contributed by atoms with Crippen LogP contribution in [0.4, 0.5) is 0 Å². The fraction of sp³-hybridized carbons (Fsp3) is 0.938. The van der Waals surface area contributed by atoms with Crippen molar-refractivity contribution in [3.05, 3.63) is 0 Å². The van der Waals surface area contributed by atoms with Crippen molar-refractivity contribution in [1.82, 2.24) is 0 Å². The van der Waals surface area contributed by atoms with E-state index < -0.39 is 59.6 Å². The van der Waals surface area contributed by atoms with E-state index in [2.05, 4.69) is 36.7 Å². The Morgan fingerprint density at radius 1 is 0.553 bits per heavy atom. The normalized spacial score (nSPS) is 14.7. The predicted molar refractivity (Wildman–Crippen MR) is 179 cm³/mol. The Labute approximate surface area is 282 Å². The number of unbranched alkanes of at least 4 members (excludes halogenated alkanes) is 12. The molecule has 280 valence electrons. The summed E-state index contributed by atoms with van der Waals surface area (Å²) in [6, 6.07) is 0. The Balaban J connectivity index is 4.62. The number of phosphoric acid groups is 2. The first-order valence-electron chi connectivity index (χ1n) is 17.4. The molecule has 0 fully saturated rings. The van der Waals surface area contributed by atoms with Crippen molar-refractivity contribution in [3.63, 3.8) is 0 Å².